The number of rotatable bonds is 6. The second-order valence-corrected chi connectivity index (χ2v) is 6.87. The monoisotopic (exact) mass is 371 g/mol. The highest BCUT2D eigenvalue weighted by Crippen LogP contribution is 2.17. The minimum atomic E-state index is -0.512. The molecule has 142 valence electrons. The van der Waals surface area contributed by atoms with Gasteiger partial charge in [0.05, 0.1) is 4.92 Å². The first kappa shape index (κ1) is 19.9. The second kappa shape index (κ2) is 8.31. The van der Waals surface area contributed by atoms with Crippen LogP contribution in [-0.4, -0.2) is 28.9 Å². The molecule has 0 bridgehead atoms. The van der Waals surface area contributed by atoms with E-state index in [2.05, 4.69) is 10.6 Å². The number of hydrogen-bond acceptors (Lipinski definition) is 5. The summed E-state index contributed by atoms with van der Waals surface area (Å²) in [6.07, 6.45) is 0. The maximum atomic E-state index is 12.1. The average Bonchev–Trinajstić information content (AvgIpc) is 2.59. The van der Waals surface area contributed by atoms with Crippen molar-refractivity contribution in [1.29, 1.82) is 0 Å². The number of benzene rings is 2. The van der Waals surface area contributed by atoms with E-state index in [9.17, 15) is 19.7 Å². The number of nitrogens with one attached hydrogen (secondary N) is 2. The predicted molar refractivity (Wildman–Crippen MR) is 101 cm³/mol. The number of carbonyl (C=O) groups is 2. The Bertz CT molecular complexity index is 824. The Labute approximate surface area is 156 Å². The molecule has 27 heavy (non-hydrogen) atoms. The van der Waals surface area contributed by atoms with Crippen molar-refractivity contribution in [3.8, 4) is 5.75 Å². The molecule has 0 aliphatic rings. The Balaban J connectivity index is 1.86. The molecule has 0 heterocycles. The molecule has 0 fully saturated rings. The molecule has 0 aliphatic heterocycles. The molecule has 2 rings (SSSR count). The Morgan fingerprint density at radius 1 is 1.04 bits per heavy atom. The van der Waals surface area contributed by atoms with Crippen molar-refractivity contribution in [2.75, 3.05) is 11.9 Å². The van der Waals surface area contributed by atoms with Gasteiger partial charge in [-0.2, -0.15) is 0 Å². The molecule has 2 N–H and O–H groups in total. The van der Waals surface area contributed by atoms with Crippen LogP contribution in [0, 0.1) is 10.1 Å². The average molecular weight is 371 g/mol. The summed E-state index contributed by atoms with van der Waals surface area (Å²) in [7, 11) is 0. The lowest BCUT2D eigenvalue weighted by Crippen LogP contribution is -2.40. The van der Waals surface area contributed by atoms with E-state index in [0.717, 1.165) is 0 Å². The zero-order valence-corrected chi connectivity index (χ0v) is 15.3. The fraction of sp³-hybridized carbons (Fsp3) is 0.263. The molecule has 2 aromatic rings. The number of carbonyl (C=O) groups excluding carboxylic acids is 2. The van der Waals surface area contributed by atoms with Gasteiger partial charge in [0, 0.05) is 28.9 Å². The lowest BCUT2D eigenvalue weighted by molar-refractivity contribution is -0.384. The molecule has 8 heteroatoms. The van der Waals surface area contributed by atoms with Crippen molar-refractivity contribution in [1.82, 2.24) is 5.32 Å². The summed E-state index contributed by atoms with van der Waals surface area (Å²) in [5, 5.41) is 16.1. The summed E-state index contributed by atoms with van der Waals surface area (Å²) < 4.78 is 5.29. The normalized spacial score (nSPS) is 10.8. The molecule has 0 radical (unpaired) electrons. The van der Waals surface area contributed by atoms with E-state index in [1.54, 1.807) is 24.3 Å². The molecule has 0 spiro atoms. The number of ether oxygens (including phenoxy) is 1. The number of amides is 2. The molecule has 0 atom stereocenters. The van der Waals surface area contributed by atoms with Gasteiger partial charge in [-0.25, -0.2) is 0 Å². The van der Waals surface area contributed by atoms with Crippen molar-refractivity contribution < 1.29 is 19.2 Å². The number of nitrogens with zero attached hydrogens (tertiary/aromatic N) is 1. The van der Waals surface area contributed by atoms with Crippen molar-refractivity contribution in [3.05, 3.63) is 64.2 Å². The molecule has 0 saturated heterocycles. The van der Waals surface area contributed by atoms with Crippen LogP contribution in [0.25, 0.3) is 0 Å². The molecule has 8 nitrogen and oxygen atoms in total. The third kappa shape index (κ3) is 6.43. The van der Waals surface area contributed by atoms with Gasteiger partial charge in [0.2, 0.25) is 0 Å². The van der Waals surface area contributed by atoms with Crippen LogP contribution in [0.1, 0.15) is 31.1 Å². The molecule has 2 amide bonds. The smallest absolute Gasteiger partial charge is 0.269 e. The van der Waals surface area contributed by atoms with Crippen molar-refractivity contribution >= 4 is 23.2 Å². The fourth-order valence-corrected chi connectivity index (χ4v) is 2.13. The SMILES string of the molecule is CC(C)(C)NC(=O)c1ccc(NC(=O)COc2ccc([N+](=O)[O-])cc2)cc1. The van der Waals surface area contributed by atoms with Crippen LogP contribution in [0.5, 0.6) is 5.75 Å². The van der Waals surface area contributed by atoms with Crippen molar-refractivity contribution in [2.45, 2.75) is 26.3 Å². The maximum Gasteiger partial charge on any atom is 0.269 e. The molecule has 0 saturated carbocycles. The van der Waals surface area contributed by atoms with Crippen LogP contribution in [0.2, 0.25) is 0 Å². The van der Waals surface area contributed by atoms with Crippen LogP contribution < -0.4 is 15.4 Å². The predicted octanol–water partition coefficient (Wildman–Crippen LogP) is 3.14. The van der Waals surface area contributed by atoms with Crippen LogP contribution in [0.4, 0.5) is 11.4 Å². The minimum absolute atomic E-state index is 0.0533. The molecular weight excluding hydrogens is 350 g/mol. The Morgan fingerprint density at radius 3 is 2.15 bits per heavy atom. The lowest BCUT2D eigenvalue weighted by Gasteiger charge is -2.20. The van der Waals surface area contributed by atoms with Gasteiger partial charge in [-0.3, -0.25) is 19.7 Å². The number of anilines is 1. The third-order valence-electron chi connectivity index (χ3n) is 3.34. The number of hydrogen-bond donors (Lipinski definition) is 2. The van der Waals surface area contributed by atoms with E-state index in [4.69, 9.17) is 4.74 Å². The number of non-ortho nitro benzene ring substituents is 1. The van der Waals surface area contributed by atoms with Crippen molar-refractivity contribution in [2.24, 2.45) is 0 Å². The summed E-state index contributed by atoms with van der Waals surface area (Å²) >= 11 is 0. The van der Waals surface area contributed by atoms with E-state index in [0.29, 0.717) is 17.0 Å². The van der Waals surface area contributed by atoms with Gasteiger partial charge < -0.3 is 15.4 Å². The number of nitro groups is 1. The van der Waals surface area contributed by atoms with Crippen molar-refractivity contribution in [3.63, 3.8) is 0 Å². The van der Waals surface area contributed by atoms with Gasteiger partial charge in [0.25, 0.3) is 17.5 Å². The summed E-state index contributed by atoms with van der Waals surface area (Å²) in [6, 6.07) is 11.9. The first-order valence-corrected chi connectivity index (χ1v) is 8.24. The summed E-state index contributed by atoms with van der Waals surface area (Å²) in [4.78, 5) is 34.1. The molecule has 2 aromatic carbocycles. The Kier molecular flexibility index (Phi) is 6.12. The topological polar surface area (TPSA) is 111 Å². The zero-order valence-electron chi connectivity index (χ0n) is 15.3. The minimum Gasteiger partial charge on any atom is -0.484 e. The van der Waals surface area contributed by atoms with Gasteiger partial charge >= 0.3 is 0 Å². The van der Waals surface area contributed by atoms with Gasteiger partial charge in [-0.05, 0) is 57.2 Å². The van der Waals surface area contributed by atoms with Crippen LogP contribution in [0.3, 0.4) is 0 Å². The highest BCUT2D eigenvalue weighted by atomic mass is 16.6. The molecule has 0 aliphatic carbocycles. The molecule has 0 aromatic heterocycles. The van der Waals surface area contributed by atoms with Gasteiger partial charge in [-0.15, -0.1) is 0 Å². The Hall–Kier alpha value is -3.42. The Morgan fingerprint density at radius 2 is 1.63 bits per heavy atom. The van der Waals surface area contributed by atoms with E-state index in [-0.39, 0.29) is 29.6 Å². The van der Waals surface area contributed by atoms with Gasteiger partial charge in [0.1, 0.15) is 5.75 Å². The highest BCUT2D eigenvalue weighted by Gasteiger charge is 2.15. The standard InChI is InChI=1S/C19H21N3O5/c1-19(2,3)21-18(24)13-4-6-14(7-5-13)20-17(23)12-27-16-10-8-15(9-11-16)22(25)26/h4-11H,12H2,1-3H3,(H,20,23)(H,21,24). The first-order valence-electron chi connectivity index (χ1n) is 8.24. The van der Waals surface area contributed by atoms with Gasteiger partial charge in [0.15, 0.2) is 6.61 Å². The van der Waals surface area contributed by atoms with Crippen LogP contribution in [0.15, 0.2) is 48.5 Å². The van der Waals surface area contributed by atoms with E-state index >= 15 is 0 Å². The zero-order chi connectivity index (χ0) is 20.0. The highest BCUT2D eigenvalue weighted by molar-refractivity contribution is 5.96. The second-order valence-electron chi connectivity index (χ2n) is 6.87. The number of nitro benzene ring substituents is 1. The lowest BCUT2D eigenvalue weighted by atomic mass is 10.1. The van der Waals surface area contributed by atoms with E-state index in [1.807, 2.05) is 20.8 Å². The third-order valence-corrected chi connectivity index (χ3v) is 3.34. The van der Waals surface area contributed by atoms with Crippen LogP contribution >= 0.6 is 0 Å². The molecular formula is C19H21N3O5. The maximum absolute atomic E-state index is 12.1. The fourth-order valence-electron chi connectivity index (χ4n) is 2.13. The van der Waals surface area contributed by atoms with Gasteiger partial charge in [-0.1, -0.05) is 0 Å². The molecule has 0 unspecified atom stereocenters. The summed E-state index contributed by atoms with van der Waals surface area (Å²) in [6.45, 7) is 5.43. The quantitative estimate of drug-likeness (QED) is 0.599. The largest absolute Gasteiger partial charge is 0.484 e. The van der Waals surface area contributed by atoms with E-state index in [1.165, 1.54) is 24.3 Å². The summed E-state index contributed by atoms with van der Waals surface area (Å²) in [5.74, 6) is -0.230. The summed E-state index contributed by atoms with van der Waals surface area (Å²) in [5.41, 5.74) is 0.631. The van der Waals surface area contributed by atoms with Crippen LogP contribution in [-0.2, 0) is 4.79 Å². The van der Waals surface area contributed by atoms with E-state index < -0.39 is 4.92 Å². The first-order chi connectivity index (χ1) is 12.6.